The summed E-state index contributed by atoms with van der Waals surface area (Å²) in [7, 11) is 3.70. The van der Waals surface area contributed by atoms with Gasteiger partial charge in [-0.25, -0.2) is 4.39 Å². The second kappa shape index (κ2) is 7.93. The Morgan fingerprint density at radius 3 is 2.35 bits per heavy atom. The monoisotopic (exact) mass is 462 g/mol. The van der Waals surface area contributed by atoms with E-state index in [4.69, 9.17) is 0 Å². The van der Waals surface area contributed by atoms with Crippen LogP contribution >= 0.6 is 0 Å². The van der Waals surface area contributed by atoms with Gasteiger partial charge in [0.1, 0.15) is 11.6 Å². The molecule has 6 nitrogen and oxygen atoms in total. The first kappa shape index (κ1) is 22.6. The van der Waals surface area contributed by atoms with Gasteiger partial charge in [-0.05, 0) is 84.4 Å². The number of nitrogens with zero attached hydrogens (tertiary/aromatic N) is 4. The minimum Gasteiger partial charge on any atom is -0.507 e. The quantitative estimate of drug-likeness (QED) is 0.581. The molecule has 2 saturated carbocycles. The van der Waals surface area contributed by atoms with Gasteiger partial charge in [0.2, 0.25) is 0 Å². The maximum absolute atomic E-state index is 15.1. The van der Waals surface area contributed by atoms with Crippen LogP contribution in [0.4, 0.5) is 10.2 Å². The zero-order valence-electron chi connectivity index (χ0n) is 20.2. The molecule has 0 aliphatic heterocycles. The van der Waals surface area contributed by atoms with E-state index in [0.29, 0.717) is 28.0 Å². The van der Waals surface area contributed by atoms with Gasteiger partial charge in [-0.1, -0.05) is 13.8 Å². The number of pyridine rings is 1. The van der Waals surface area contributed by atoms with E-state index in [0.717, 1.165) is 18.7 Å². The summed E-state index contributed by atoms with van der Waals surface area (Å²) in [6.07, 6.45) is 7.75. The molecule has 7 heteroatoms. The third kappa shape index (κ3) is 3.97. The number of fused-ring (bicyclic) bond motifs is 2. The van der Waals surface area contributed by atoms with E-state index in [9.17, 15) is 9.90 Å². The fourth-order valence-corrected chi connectivity index (χ4v) is 6.22. The lowest BCUT2D eigenvalue weighted by Crippen LogP contribution is -2.42. The molecule has 3 aromatic rings. The highest BCUT2D eigenvalue weighted by molar-refractivity contribution is 5.75. The summed E-state index contributed by atoms with van der Waals surface area (Å²) in [5.74, 6) is -0.106. The number of benzene rings is 1. The average Bonchev–Trinajstić information content (AvgIpc) is 3.01. The normalized spacial score (nSPS) is 26.0. The van der Waals surface area contributed by atoms with E-state index in [-0.39, 0.29) is 22.6 Å². The molecule has 1 aromatic carbocycles. The van der Waals surface area contributed by atoms with Gasteiger partial charge in [-0.2, -0.15) is 0 Å². The van der Waals surface area contributed by atoms with Gasteiger partial charge in [-0.3, -0.25) is 4.79 Å². The van der Waals surface area contributed by atoms with Gasteiger partial charge >= 0.3 is 0 Å². The van der Waals surface area contributed by atoms with Crippen molar-refractivity contribution in [2.24, 2.45) is 17.9 Å². The van der Waals surface area contributed by atoms with Crippen molar-refractivity contribution >= 4 is 5.82 Å². The van der Waals surface area contributed by atoms with Crippen molar-refractivity contribution < 1.29 is 9.50 Å². The zero-order chi connectivity index (χ0) is 24.3. The summed E-state index contributed by atoms with van der Waals surface area (Å²) in [6.45, 7) is 4.80. The minimum atomic E-state index is -0.615. The van der Waals surface area contributed by atoms with Crippen LogP contribution in [0, 0.1) is 16.6 Å². The van der Waals surface area contributed by atoms with Gasteiger partial charge in [0, 0.05) is 32.4 Å². The standard InChI is InChI=1S/C27H31FN4O2/c1-26-8-9-27(2,16-26)15-19(14-26)32(4)23-6-5-21(29-30-23)25-20(28)11-18(12-22(25)33)17-7-10-31(3)24(34)13-17/h5-7,10-13,19,33H,8-9,14-16H2,1-4H3/t19?,26-,27+. The molecular formula is C27H31FN4O2. The molecule has 5 rings (SSSR count). The van der Waals surface area contributed by atoms with E-state index >= 15 is 4.39 Å². The molecule has 2 aromatic heterocycles. The molecule has 0 amide bonds. The summed E-state index contributed by atoms with van der Waals surface area (Å²) in [4.78, 5) is 14.1. The van der Waals surface area contributed by atoms with Gasteiger partial charge < -0.3 is 14.6 Å². The zero-order valence-corrected chi connectivity index (χ0v) is 20.2. The molecule has 0 saturated heterocycles. The van der Waals surface area contributed by atoms with Gasteiger partial charge in [-0.15, -0.1) is 10.2 Å². The minimum absolute atomic E-state index is 0.00465. The van der Waals surface area contributed by atoms with Gasteiger partial charge in [0.15, 0.2) is 5.82 Å². The van der Waals surface area contributed by atoms with E-state index in [1.54, 1.807) is 25.4 Å². The van der Waals surface area contributed by atoms with Crippen molar-refractivity contribution in [2.45, 2.75) is 52.0 Å². The van der Waals surface area contributed by atoms with Crippen LogP contribution in [0.2, 0.25) is 0 Å². The van der Waals surface area contributed by atoms with Crippen molar-refractivity contribution in [3.8, 4) is 28.1 Å². The van der Waals surface area contributed by atoms with E-state index in [2.05, 4.69) is 36.0 Å². The number of halogens is 1. The van der Waals surface area contributed by atoms with Crippen LogP contribution in [0.25, 0.3) is 22.4 Å². The first-order chi connectivity index (χ1) is 16.1. The van der Waals surface area contributed by atoms with Crippen LogP contribution in [0.1, 0.15) is 46.0 Å². The number of anilines is 1. The average molecular weight is 463 g/mol. The predicted molar refractivity (Wildman–Crippen MR) is 131 cm³/mol. The van der Waals surface area contributed by atoms with E-state index in [1.165, 1.54) is 42.0 Å². The Bertz CT molecular complexity index is 1260. The van der Waals surface area contributed by atoms with Crippen LogP contribution in [-0.4, -0.2) is 33.0 Å². The molecular weight excluding hydrogens is 431 g/mol. The number of aromatic hydroxyl groups is 1. The third-order valence-corrected chi connectivity index (χ3v) is 7.97. The lowest BCUT2D eigenvalue weighted by atomic mass is 9.68. The number of aryl methyl sites for hydroxylation is 1. The first-order valence-corrected chi connectivity index (χ1v) is 11.8. The number of phenolic OH excluding ortho intramolecular Hbond substituents is 1. The molecule has 178 valence electrons. The number of hydrogen-bond acceptors (Lipinski definition) is 5. The van der Waals surface area contributed by atoms with Crippen LogP contribution in [-0.2, 0) is 7.05 Å². The molecule has 2 fully saturated rings. The number of rotatable bonds is 4. The summed E-state index contributed by atoms with van der Waals surface area (Å²) in [6, 6.07) is 9.83. The van der Waals surface area contributed by atoms with Gasteiger partial charge in [0.05, 0.1) is 11.3 Å². The Morgan fingerprint density at radius 1 is 1.06 bits per heavy atom. The molecule has 0 spiro atoms. The smallest absolute Gasteiger partial charge is 0.250 e. The summed E-state index contributed by atoms with van der Waals surface area (Å²) < 4.78 is 16.5. The van der Waals surface area contributed by atoms with Crippen molar-refractivity contribution in [3.63, 3.8) is 0 Å². The molecule has 3 atom stereocenters. The fraction of sp³-hybridized carbons (Fsp3) is 0.444. The predicted octanol–water partition coefficient (Wildman–Crippen LogP) is 5.15. The summed E-state index contributed by atoms with van der Waals surface area (Å²) >= 11 is 0. The molecule has 2 aliphatic rings. The summed E-state index contributed by atoms with van der Waals surface area (Å²) in [5.41, 5.74) is 1.81. The Hall–Kier alpha value is -3.22. The van der Waals surface area contributed by atoms with Crippen LogP contribution < -0.4 is 10.5 Å². The summed E-state index contributed by atoms with van der Waals surface area (Å²) in [5, 5.41) is 19.3. The Morgan fingerprint density at radius 2 is 1.76 bits per heavy atom. The van der Waals surface area contributed by atoms with Gasteiger partial charge in [0.25, 0.3) is 5.56 Å². The lowest BCUT2D eigenvalue weighted by molar-refractivity contribution is 0.148. The topological polar surface area (TPSA) is 71.2 Å². The molecule has 2 aliphatic carbocycles. The van der Waals surface area contributed by atoms with E-state index < -0.39 is 5.82 Å². The molecule has 34 heavy (non-hydrogen) atoms. The lowest BCUT2D eigenvalue weighted by Gasteiger charge is -2.44. The molecule has 1 unspecified atom stereocenters. The largest absolute Gasteiger partial charge is 0.507 e. The highest BCUT2D eigenvalue weighted by atomic mass is 19.1. The van der Waals surface area contributed by atoms with Crippen LogP contribution in [0.5, 0.6) is 5.75 Å². The van der Waals surface area contributed by atoms with Crippen LogP contribution in [0.15, 0.2) is 47.4 Å². The fourth-order valence-electron chi connectivity index (χ4n) is 6.22. The van der Waals surface area contributed by atoms with Crippen molar-refractivity contribution in [1.82, 2.24) is 14.8 Å². The Balaban J connectivity index is 1.40. The first-order valence-electron chi connectivity index (χ1n) is 11.8. The SMILES string of the molecule is CN(c1ccc(-c2c(O)cc(-c3ccn(C)c(=O)c3)cc2F)nn1)C1C[C@]2(C)CC[C@](C)(C1)C2. The molecule has 2 heterocycles. The maximum atomic E-state index is 15.1. The second-order valence-corrected chi connectivity index (χ2v) is 11.0. The highest BCUT2D eigenvalue weighted by Gasteiger charge is 2.50. The Kier molecular flexibility index (Phi) is 5.26. The number of aromatic nitrogens is 3. The highest BCUT2D eigenvalue weighted by Crippen LogP contribution is 2.58. The van der Waals surface area contributed by atoms with Crippen LogP contribution in [0.3, 0.4) is 0 Å². The molecule has 2 bridgehead atoms. The molecule has 0 radical (unpaired) electrons. The van der Waals surface area contributed by atoms with Crippen molar-refractivity contribution in [2.75, 3.05) is 11.9 Å². The Labute approximate surface area is 199 Å². The van der Waals surface area contributed by atoms with Crippen molar-refractivity contribution in [1.29, 1.82) is 0 Å². The number of hydrogen-bond donors (Lipinski definition) is 1. The third-order valence-electron chi connectivity index (χ3n) is 7.97. The maximum Gasteiger partial charge on any atom is 0.250 e. The molecule has 1 N–H and O–H groups in total. The number of phenols is 1. The van der Waals surface area contributed by atoms with Crippen molar-refractivity contribution in [3.05, 3.63) is 58.8 Å². The second-order valence-electron chi connectivity index (χ2n) is 11.0. The van der Waals surface area contributed by atoms with E-state index in [1.807, 2.05) is 6.07 Å².